The number of thioether (sulfide) groups is 1. The van der Waals surface area contributed by atoms with Crippen LogP contribution >= 0.6 is 11.8 Å². The van der Waals surface area contributed by atoms with Crippen LogP contribution in [0.4, 0.5) is 11.9 Å². The molecule has 0 amide bonds. The first kappa shape index (κ1) is 17.8. The van der Waals surface area contributed by atoms with Crippen molar-refractivity contribution in [2.24, 2.45) is 0 Å². The fourth-order valence-corrected chi connectivity index (χ4v) is 2.74. The molecule has 0 saturated carbocycles. The highest BCUT2D eigenvalue weighted by Crippen LogP contribution is 2.30. The Morgan fingerprint density at radius 1 is 1.05 bits per heavy atom. The molecule has 0 bridgehead atoms. The van der Waals surface area contributed by atoms with Gasteiger partial charge in [-0.05, 0) is 25.5 Å². The molecule has 21 heavy (non-hydrogen) atoms. The Bertz CT molecular complexity index is 418. The van der Waals surface area contributed by atoms with Crippen LogP contribution in [0.2, 0.25) is 0 Å². The summed E-state index contributed by atoms with van der Waals surface area (Å²) in [6.07, 6.45) is 5.36. The standard InChI is InChI=1S/C14H27N5OS/c1-6-9-15-11-17-12(19-13(18-11)20-4)16-10-14(7-2,8-3)21-5/h6-10H2,1-5H3,(H2,15,16,17,18,19). The van der Waals surface area contributed by atoms with Crippen LogP contribution in [-0.4, -0.2) is 46.2 Å². The minimum Gasteiger partial charge on any atom is -0.467 e. The normalized spacial score (nSPS) is 11.3. The highest BCUT2D eigenvalue weighted by atomic mass is 32.2. The van der Waals surface area contributed by atoms with E-state index >= 15 is 0 Å². The Balaban J connectivity index is 2.81. The first-order valence-electron chi connectivity index (χ1n) is 7.46. The van der Waals surface area contributed by atoms with Crippen molar-refractivity contribution in [3.8, 4) is 6.01 Å². The fraction of sp³-hybridized carbons (Fsp3) is 0.786. The van der Waals surface area contributed by atoms with Gasteiger partial charge in [0.15, 0.2) is 0 Å². The summed E-state index contributed by atoms with van der Waals surface area (Å²) in [5.41, 5.74) is 0. The lowest BCUT2D eigenvalue weighted by atomic mass is 10.0. The Labute approximate surface area is 131 Å². The monoisotopic (exact) mass is 313 g/mol. The highest BCUT2D eigenvalue weighted by molar-refractivity contribution is 8.00. The van der Waals surface area contributed by atoms with E-state index in [2.05, 4.69) is 52.6 Å². The quantitative estimate of drug-likeness (QED) is 0.688. The maximum Gasteiger partial charge on any atom is 0.322 e. The molecule has 0 spiro atoms. The van der Waals surface area contributed by atoms with Crippen LogP contribution in [0.1, 0.15) is 40.0 Å². The third-order valence-corrected chi connectivity index (χ3v) is 5.21. The van der Waals surface area contributed by atoms with E-state index in [0.717, 1.165) is 32.4 Å². The maximum absolute atomic E-state index is 5.14. The number of hydrogen-bond acceptors (Lipinski definition) is 7. The zero-order valence-corrected chi connectivity index (χ0v) is 14.5. The molecule has 0 saturated heterocycles. The van der Waals surface area contributed by atoms with Gasteiger partial charge in [0, 0.05) is 17.8 Å². The van der Waals surface area contributed by atoms with Gasteiger partial charge in [0.1, 0.15) is 0 Å². The number of aromatic nitrogens is 3. The van der Waals surface area contributed by atoms with Crippen LogP contribution in [0.25, 0.3) is 0 Å². The van der Waals surface area contributed by atoms with E-state index in [1.165, 1.54) is 0 Å². The van der Waals surface area contributed by atoms with Crippen LogP contribution < -0.4 is 15.4 Å². The zero-order valence-electron chi connectivity index (χ0n) is 13.7. The number of nitrogens with zero attached hydrogens (tertiary/aromatic N) is 3. The van der Waals surface area contributed by atoms with Gasteiger partial charge in [-0.2, -0.15) is 26.7 Å². The van der Waals surface area contributed by atoms with Crippen molar-refractivity contribution in [2.45, 2.75) is 44.8 Å². The number of methoxy groups -OCH3 is 1. The molecule has 0 aliphatic rings. The molecule has 1 aromatic rings. The van der Waals surface area contributed by atoms with Crippen molar-refractivity contribution >= 4 is 23.7 Å². The molecule has 120 valence electrons. The summed E-state index contributed by atoms with van der Waals surface area (Å²) in [5.74, 6) is 1.11. The fourth-order valence-electron chi connectivity index (χ4n) is 1.94. The van der Waals surface area contributed by atoms with Gasteiger partial charge in [-0.15, -0.1) is 0 Å². The molecule has 1 heterocycles. The van der Waals surface area contributed by atoms with Crippen LogP contribution in [0.15, 0.2) is 0 Å². The van der Waals surface area contributed by atoms with E-state index < -0.39 is 0 Å². The summed E-state index contributed by atoms with van der Waals surface area (Å²) in [4.78, 5) is 12.8. The molecule has 0 atom stereocenters. The molecule has 0 aromatic carbocycles. The Hall–Kier alpha value is -1.24. The topological polar surface area (TPSA) is 72.0 Å². The van der Waals surface area contributed by atoms with E-state index in [1.54, 1.807) is 7.11 Å². The van der Waals surface area contributed by atoms with Gasteiger partial charge in [-0.3, -0.25) is 0 Å². The van der Waals surface area contributed by atoms with Crippen LogP contribution in [0, 0.1) is 0 Å². The summed E-state index contributed by atoms with van der Waals surface area (Å²) in [5, 5.41) is 6.49. The highest BCUT2D eigenvalue weighted by Gasteiger charge is 2.25. The minimum absolute atomic E-state index is 0.205. The van der Waals surface area contributed by atoms with Gasteiger partial charge < -0.3 is 15.4 Å². The average molecular weight is 313 g/mol. The van der Waals surface area contributed by atoms with Crippen LogP contribution in [-0.2, 0) is 0 Å². The summed E-state index contributed by atoms with van der Waals surface area (Å²) in [6, 6.07) is 0.328. The van der Waals surface area contributed by atoms with E-state index in [4.69, 9.17) is 4.74 Å². The SMILES string of the molecule is CCCNc1nc(NCC(CC)(CC)SC)nc(OC)n1. The first-order chi connectivity index (χ1) is 10.1. The molecule has 0 aliphatic carbocycles. The molecule has 2 N–H and O–H groups in total. The Morgan fingerprint density at radius 3 is 2.14 bits per heavy atom. The predicted molar refractivity (Wildman–Crippen MR) is 90.5 cm³/mol. The lowest BCUT2D eigenvalue weighted by Crippen LogP contribution is -2.32. The largest absolute Gasteiger partial charge is 0.467 e. The third-order valence-electron chi connectivity index (χ3n) is 3.62. The van der Waals surface area contributed by atoms with Crippen LogP contribution in [0.3, 0.4) is 0 Å². The number of hydrogen-bond donors (Lipinski definition) is 2. The molecule has 0 aliphatic heterocycles. The summed E-state index contributed by atoms with van der Waals surface area (Å²) in [7, 11) is 1.56. The molecular weight excluding hydrogens is 286 g/mol. The molecule has 0 unspecified atom stereocenters. The van der Waals surface area contributed by atoms with E-state index in [1.807, 2.05) is 11.8 Å². The van der Waals surface area contributed by atoms with Crippen molar-refractivity contribution in [1.29, 1.82) is 0 Å². The van der Waals surface area contributed by atoms with Crippen LogP contribution in [0.5, 0.6) is 6.01 Å². The second kappa shape index (κ2) is 8.92. The smallest absolute Gasteiger partial charge is 0.322 e. The Morgan fingerprint density at radius 2 is 1.67 bits per heavy atom. The number of rotatable bonds is 10. The first-order valence-corrected chi connectivity index (χ1v) is 8.68. The van der Waals surface area contributed by atoms with E-state index in [9.17, 15) is 0 Å². The minimum atomic E-state index is 0.205. The van der Waals surface area contributed by atoms with E-state index in [0.29, 0.717) is 17.9 Å². The van der Waals surface area contributed by atoms with Crippen molar-refractivity contribution in [3.63, 3.8) is 0 Å². The van der Waals surface area contributed by atoms with Gasteiger partial charge >= 0.3 is 6.01 Å². The molecule has 0 radical (unpaired) electrons. The number of ether oxygens (including phenoxy) is 1. The lowest BCUT2D eigenvalue weighted by molar-refractivity contribution is 0.379. The van der Waals surface area contributed by atoms with Crippen molar-refractivity contribution < 1.29 is 4.74 Å². The summed E-state index contributed by atoms with van der Waals surface area (Å²) in [6.45, 7) is 8.17. The van der Waals surface area contributed by atoms with Gasteiger partial charge in [0.2, 0.25) is 11.9 Å². The number of anilines is 2. The molecule has 1 rings (SSSR count). The average Bonchev–Trinajstić information content (AvgIpc) is 2.54. The summed E-state index contributed by atoms with van der Waals surface area (Å²) >= 11 is 1.88. The molecule has 7 heteroatoms. The van der Waals surface area contributed by atoms with Gasteiger partial charge in [-0.25, -0.2) is 0 Å². The van der Waals surface area contributed by atoms with Crippen molar-refractivity contribution in [2.75, 3.05) is 37.1 Å². The lowest BCUT2D eigenvalue weighted by Gasteiger charge is -2.29. The van der Waals surface area contributed by atoms with Gasteiger partial charge in [0.05, 0.1) is 7.11 Å². The van der Waals surface area contributed by atoms with Crippen molar-refractivity contribution in [1.82, 2.24) is 15.0 Å². The predicted octanol–water partition coefficient (Wildman–Crippen LogP) is 3.04. The van der Waals surface area contributed by atoms with Gasteiger partial charge in [-0.1, -0.05) is 20.8 Å². The Kier molecular flexibility index (Phi) is 7.56. The summed E-state index contributed by atoms with van der Waals surface area (Å²) < 4.78 is 5.34. The van der Waals surface area contributed by atoms with Gasteiger partial charge in [0.25, 0.3) is 0 Å². The molecule has 1 aromatic heterocycles. The molecular formula is C14H27N5OS. The number of nitrogens with one attached hydrogen (secondary N) is 2. The maximum atomic E-state index is 5.14. The van der Waals surface area contributed by atoms with E-state index in [-0.39, 0.29) is 4.75 Å². The molecule has 6 nitrogen and oxygen atoms in total. The second-order valence-corrected chi connectivity index (χ2v) is 6.12. The third kappa shape index (κ3) is 5.22. The van der Waals surface area contributed by atoms with Crippen molar-refractivity contribution in [3.05, 3.63) is 0 Å². The molecule has 0 fully saturated rings. The second-order valence-electron chi connectivity index (χ2n) is 4.84. The zero-order chi connectivity index (χ0) is 15.7.